The Morgan fingerprint density at radius 3 is 1.68 bits per heavy atom. The van der Waals surface area contributed by atoms with Crippen LogP contribution in [0, 0.1) is 0 Å². The molecule has 11 rings (SSSR count). The van der Waals surface area contributed by atoms with Gasteiger partial charge in [0.25, 0.3) is 0 Å². The van der Waals surface area contributed by atoms with Gasteiger partial charge in [-0.25, -0.2) is 0 Å². The number of nitrogens with zero attached hydrogens (tertiary/aromatic N) is 1. The normalized spacial score (nSPS) is 11.8. The molecule has 10 aromatic carbocycles. The summed E-state index contributed by atoms with van der Waals surface area (Å²) in [5.74, 6) is 0. The first-order valence-corrected chi connectivity index (χ1v) is 18.3. The molecule has 53 heavy (non-hydrogen) atoms. The van der Waals surface area contributed by atoms with E-state index < -0.39 is 0 Å². The highest BCUT2D eigenvalue weighted by Crippen LogP contribution is 2.51. The van der Waals surface area contributed by atoms with E-state index in [9.17, 15) is 0 Å². The Labute approximate surface area is 308 Å². The largest absolute Gasteiger partial charge is 0.310 e. The van der Waals surface area contributed by atoms with Gasteiger partial charge in [-0.1, -0.05) is 164 Å². The number of fused-ring (bicyclic) bond motifs is 7. The van der Waals surface area contributed by atoms with Crippen molar-refractivity contribution in [3.63, 3.8) is 0 Å². The predicted octanol–water partition coefficient (Wildman–Crippen LogP) is 14.8. The van der Waals surface area contributed by atoms with Gasteiger partial charge in [0.05, 0.1) is 5.69 Å². The van der Waals surface area contributed by atoms with Crippen molar-refractivity contribution in [2.75, 3.05) is 4.90 Å². The molecular formula is C52H33N. The van der Waals surface area contributed by atoms with Crippen molar-refractivity contribution < 1.29 is 0 Å². The van der Waals surface area contributed by atoms with Crippen molar-refractivity contribution in [2.45, 2.75) is 0 Å². The summed E-state index contributed by atoms with van der Waals surface area (Å²) >= 11 is 0. The molecule has 1 aliphatic carbocycles. The van der Waals surface area contributed by atoms with Gasteiger partial charge in [0.15, 0.2) is 0 Å². The van der Waals surface area contributed by atoms with Gasteiger partial charge >= 0.3 is 0 Å². The molecule has 0 atom stereocenters. The molecule has 1 heteroatoms. The van der Waals surface area contributed by atoms with E-state index in [4.69, 9.17) is 0 Å². The quantitative estimate of drug-likeness (QED) is 0.165. The topological polar surface area (TPSA) is 3.24 Å². The molecule has 0 amide bonds. The molecular weight excluding hydrogens is 639 g/mol. The number of rotatable bonds is 5. The van der Waals surface area contributed by atoms with E-state index in [0.29, 0.717) is 0 Å². The van der Waals surface area contributed by atoms with Crippen LogP contribution >= 0.6 is 0 Å². The predicted molar refractivity (Wildman–Crippen MR) is 226 cm³/mol. The van der Waals surface area contributed by atoms with Gasteiger partial charge in [0.2, 0.25) is 0 Å². The monoisotopic (exact) mass is 671 g/mol. The average molecular weight is 672 g/mol. The van der Waals surface area contributed by atoms with Crippen LogP contribution in [0.25, 0.3) is 87.6 Å². The van der Waals surface area contributed by atoms with Crippen LogP contribution in [0.2, 0.25) is 0 Å². The zero-order chi connectivity index (χ0) is 34.9. The standard InChI is InChI=1S/C52H33N/c1-3-15-42-34(10-1)12-8-19-44(42)36-24-27-40(28-25-36)53(51-31-30-49-47-18-6-5-17-46(47)48-20-9-21-50(51)52(48)49)41-14-7-13-37(33-41)38-26-29-45-39(32-38)23-22-35-11-2-4-16-43(35)45/h1-33H. The van der Waals surface area contributed by atoms with E-state index >= 15 is 0 Å². The van der Waals surface area contributed by atoms with E-state index in [2.05, 4.69) is 205 Å². The van der Waals surface area contributed by atoms with Crippen molar-refractivity contribution in [1.29, 1.82) is 0 Å². The molecule has 0 heterocycles. The number of anilines is 3. The van der Waals surface area contributed by atoms with Crippen molar-refractivity contribution >= 4 is 60.2 Å². The summed E-state index contributed by atoms with van der Waals surface area (Å²) < 4.78 is 0. The van der Waals surface area contributed by atoms with Crippen LogP contribution < -0.4 is 4.90 Å². The Bertz CT molecular complexity index is 3030. The minimum absolute atomic E-state index is 1.12. The third kappa shape index (κ3) is 4.71. The summed E-state index contributed by atoms with van der Waals surface area (Å²) in [4.78, 5) is 2.44. The maximum atomic E-state index is 2.44. The fraction of sp³-hybridized carbons (Fsp3) is 0. The van der Waals surface area contributed by atoms with Crippen LogP contribution in [-0.2, 0) is 0 Å². The highest BCUT2D eigenvalue weighted by molar-refractivity contribution is 6.19. The molecule has 0 saturated carbocycles. The molecule has 1 nitrogen and oxygen atoms in total. The van der Waals surface area contributed by atoms with Crippen LogP contribution in [-0.4, -0.2) is 0 Å². The fourth-order valence-corrected chi connectivity index (χ4v) is 8.70. The zero-order valence-electron chi connectivity index (χ0n) is 29.0. The van der Waals surface area contributed by atoms with E-state index in [-0.39, 0.29) is 0 Å². The number of hydrogen-bond donors (Lipinski definition) is 0. The summed E-state index contributed by atoms with van der Waals surface area (Å²) in [6.45, 7) is 0. The molecule has 246 valence electrons. The molecule has 0 radical (unpaired) electrons. The maximum absolute atomic E-state index is 2.44. The van der Waals surface area contributed by atoms with Crippen LogP contribution in [0.3, 0.4) is 0 Å². The highest BCUT2D eigenvalue weighted by atomic mass is 15.1. The summed E-state index contributed by atoms with van der Waals surface area (Å²) in [6, 6.07) is 73.6. The Morgan fingerprint density at radius 2 is 0.830 bits per heavy atom. The van der Waals surface area contributed by atoms with Gasteiger partial charge in [-0.15, -0.1) is 0 Å². The SMILES string of the molecule is c1cc(-c2ccc3c(ccc4ccccc43)c2)cc(N(c2ccc(-c3cccc4ccccc34)cc2)c2ccc3c4c(cccc24)-c2ccccc2-3)c1. The molecule has 0 bridgehead atoms. The summed E-state index contributed by atoms with van der Waals surface area (Å²) in [7, 11) is 0. The van der Waals surface area contributed by atoms with Crippen molar-refractivity contribution in [3.8, 4) is 44.5 Å². The first-order valence-electron chi connectivity index (χ1n) is 18.3. The lowest BCUT2D eigenvalue weighted by Crippen LogP contribution is -2.10. The minimum Gasteiger partial charge on any atom is -0.310 e. The lowest BCUT2D eigenvalue weighted by Gasteiger charge is -2.28. The number of hydrogen-bond acceptors (Lipinski definition) is 1. The first-order chi connectivity index (χ1) is 26.3. The lowest BCUT2D eigenvalue weighted by atomic mass is 9.96. The van der Waals surface area contributed by atoms with Crippen LogP contribution in [0.15, 0.2) is 200 Å². The molecule has 0 aromatic heterocycles. The van der Waals surface area contributed by atoms with Gasteiger partial charge in [0.1, 0.15) is 0 Å². The second-order valence-electron chi connectivity index (χ2n) is 14.1. The average Bonchev–Trinajstić information content (AvgIpc) is 3.56. The van der Waals surface area contributed by atoms with Gasteiger partial charge in [-0.3, -0.25) is 0 Å². The van der Waals surface area contributed by atoms with E-state index in [1.54, 1.807) is 0 Å². The molecule has 10 aromatic rings. The maximum Gasteiger partial charge on any atom is 0.0540 e. The number of benzene rings is 10. The molecule has 0 saturated heterocycles. The molecule has 0 aliphatic heterocycles. The minimum atomic E-state index is 1.12. The van der Waals surface area contributed by atoms with Gasteiger partial charge in [0, 0.05) is 16.8 Å². The summed E-state index contributed by atoms with van der Waals surface area (Å²) in [5.41, 5.74) is 13.5. The molecule has 1 aliphatic rings. The lowest BCUT2D eigenvalue weighted by molar-refractivity contribution is 1.30. The van der Waals surface area contributed by atoms with Crippen molar-refractivity contribution in [3.05, 3.63) is 200 Å². The molecule has 0 fully saturated rings. The van der Waals surface area contributed by atoms with E-state index in [1.807, 2.05) is 0 Å². The van der Waals surface area contributed by atoms with Gasteiger partial charge in [-0.05, 0) is 119 Å². The smallest absolute Gasteiger partial charge is 0.0540 e. The Morgan fingerprint density at radius 1 is 0.264 bits per heavy atom. The Balaban J connectivity index is 1.09. The Kier molecular flexibility index (Phi) is 6.62. The van der Waals surface area contributed by atoms with E-state index in [1.165, 1.54) is 93.3 Å². The molecule has 0 N–H and O–H groups in total. The summed E-state index contributed by atoms with van der Waals surface area (Å²) in [5, 5.41) is 10.2. The fourth-order valence-electron chi connectivity index (χ4n) is 8.70. The van der Waals surface area contributed by atoms with Gasteiger partial charge < -0.3 is 4.90 Å². The molecule has 0 unspecified atom stereocenters. The molecule has 0 spiro atoms. The van der Waals surface area contributed by atoms with Crippen LogP contribution in [0.4, 0.5) is 17.1 Å². The van der Waals surface area contributed by atoms with Crippen molar-refractivity contribution in [1.82, 2.24) is 0 Å². The Hall–Kier alpha value is -6.96. The zero-order valence-corrected chi connectivity index (χ0v) is 29.0. The van der Waals surface area contributed by atoms with Crippen molar-refractivity contribution in [2.24, 2.45) is 0 Å². The second kappa shape index (κ2) is 11.8. The van der Waals surface area contributed by atoms with E-state index in [0.717, 1.165) is 11.4 Å². The second-order valence-corrected chi connectivity index (χ2v) is 14.1. The third-order valence-electron chi connectivity index (χ3n) is 11.2. The first kappa shape index (κ1) is 29.7. The van der Waals surface area contributed by atoms with Gasteiger partial charge in [-0.2, -0.15) is 0 Å². The summed E-state index contributed by atoms with van der Waals surface area (Å²) in [6.07, 6.45) is 0. The van der Waals surface area contributed by atoms with Crippen LogP contribution in [0.1, 0.15) is 0 Å². The highest BCUT2D eigenvalue weighted by Gasteiger charge is 2.25. The third-order valence-corrected chi connectivity index (χ3v) is 11.2. The van der Waals surface area contributed by atoms with Crippen LogP contribution in [0.5, 0.6) is 0 Å².